The highest BCUT2D eigenvalue weighted by molar-refractivity contribution is 6.33. The molecule has 2 aliphatic heterocycles. The summed E-state index contributed by atoms with van der Waals surface area (Å²) in [4.78, 5) is 49.9. The van der Waals surface area contributed by atoms with Gasteiger partial charge in [0.2, 0.25) is 11.7 Å². The third kappa shape index (κ3) is 7.25. The lowest BCUT2D eigenvalue weighted by atomic mass is 10.1. The number of carbonyl (C=O) groups excluding carboxylic acids is 2. The van der Waals surface area contributed by atoms with Crippen molar-refractivity contribution in [3.05, 3.63) is 56.7 Å². The summed E-state index contributed by atoms with van der Waals surface area (Å²) in [6.45, 7) is 9.01. The van der Waals surface area contributed by atoms with Crippen molar-refractivity contribution < 1.29 is 32.2 Å². The van der Waals surface area contributed by atoms with Gasteiger partial charge in [-0.25, -0.2) is 4.79 Å². The zero-order valence-electron chi connectivity index (χ0n) is 26.9. The number of hydrogen-bond acceptors (Lipinski definition) is 8. The number of carbonyl (C=O) groups is 2. The molecule has 2 aromatic heterocycles. The Morgan fingerprint density at radius 3 is 2.40 bits per heavy atom. The number of likely N-dealkylation sites (N-methyl/N-ethyl adjacent to an activating group) is 1. The van der Waals surface area contributed by atoms with Gasteiger partial charge in [-0.1, -0.05) is 24.6 Å². The molecule has 2 aliphatic rings. The summed E-state index contributed by atoms with van der Waals surface area (Å²) in [5, 5.41) is 4.31. The highest BCUT2D eigenvalue weighted by Gasteiger charge is 2.33. The van der Waals surface area contributed by atoms with Gasteiger partial charge in [0.15, 0.2) is 5.82 Å². The van der Waals surface area contributed by atoms with E-state index in [-0.39, 0.29) is 23.0 Å². The van der Waals surface area contributed by atoms with Gasteiger partial charge in [-0.2, -0.15) is 22.7 Å². The number of ether oxygens (including phenoxy) is 2. The van der Waals surface area contributed by atoms with Gasteiger partial charge in [-0.05, 0) is 57.4 Å². The van der Waals surface area contributed by atoms with Crippen molar-refractivity contribution in [2.45, 2.75) is 58.9 Å². The third-order valence-corrected chi connectivity index (χ3v) is 8.27. The van der Waals surface area contributed by atoms with E-state index in [9.17, 15) is 27.6 Å². The lowest BCUT2D eigenvalue weighted by Gasteiger charge is -2.37. The minimum Gasteiger partial charge on any atom is -0.444 e. The van der Waals surface area contributed by atoms with Gasteiger partial charge < -0.3 is 28.7 Å². The van der Waals surface area contributed by atoms with Crippen LogP contribution >= 0.6 is 11.6 Å². The molecule has 0 atom stereocenters. The summed E-state index contributed by atoms with van der Waals surface area (Å²) in [5.41, 5.74) is -0.270. The van der Waals surface area contributed by atoms with E-state index in [2.05, 4.69) is 10.1 Å². The fraction of sp³-hybridized carbons (Fsp3) is 0.516. The minimum absolute atomic E-state index is 0.0905. The van der Waals surface area contributed by atoms with Gasteiger partial charge >= 0.3 is 12.3 Å². The Kier molecular flexibility index (Phi) is 9.60. The van der Waals surface area contributed by atoms with Crippen LogP contribution in [0.25, 0.3) is 11.4 Å². The molecule has 0 bridgehead atoms. The minimum atomic E-state index is -4.59. The van der Waals surface area contributed by atoms with E-state index < -0.39 is 34.9 Å². The van der Waals surface area contributed by atoms with Crippen LogP contribution in [-0.4, -0.2) is 88.1 Å². The van der Waals surface area contributed by atoms with Crippen LogP contribution in [0.2, 0.25) is 5.02 Å². The first-order valence-electron chi connectivity index (χ1n) is 15.2. The number of piperazine rings is 1. The average molecular weight is 680 g/mol. The summed E-state index contributed by atoms with van der Waals surface area (Å²) in [6.07, 6.45) is -2.32. The highest BCUT2D eigenvalue weighted by Crippen LogP contribution is 2.35. The van der Waals surface area contributed by atoms with Gasteiger partial charge in [-0.3, -0.25) is 9.59 Å². The second-order valence-electron chi connectivity index (χ2n) is 12.3. The van der Waals surface area contributed by atoms with Crippen molar-refractivity contribution in [3.63, 3.8) is 0 Å². The van der Waals surface area contributed by atoms with Crippen LogP contribution < -0.4 is 15.4 Å². The van der Waals surface area contributed by atoms with E-state index >= 15 is 0 Å². The van der Waals surface area contributed by atoms with Crippen molar-refractivity contribution >= 4 is 46.3 Å². The van der Waals surface area contributed by atoms with Crippen molar-refractivity contribution in [3.8, 4) is 0 Å². The zero-order valence-corrected chi connectivity index (χ0v) is 27.6. The Morgan fingerprint density at radius 1 is 1.13 bits per heavy atom. The molecule has 3 aromatic rings. The van der Waals surface area contributed by atoms with Gasteiger partial charge in [0.05, 0.1) is 35.2 Å². The average Bonchev–Trinajstić information content (AvgIpc) is 3.47. The molecule has 1 aromatic carbocycles. The number of alkyl halides is 3. The molecule has 0 N–H and O–H groups in total. The molecule has 0 radical (unpaired) electrons. The first-order valence-corrected chi connectivity index (χ1v) is 15.6. The van der Waals surface area contributed by atoms with Gasteiger partial charge in [0.25, 0.3) is 5.56 Å². The predicted octanol–water partition coefficient (Wildman–Crippen LogP) is 4.65. The maximum Gasteiger partial charge on any atom is 0.416 e. The molecule has 254 valence electrons. The van der Waals surface area contributed by atoms with E-state index in [1.54, 1.807) is 30.2 Å². The number of aromatic nitrogens is 4. The summed E-state index contributed by atoms with van der Waals surface area (Å²) in [6, 6.07) is 2.78. The Bertz CT molecular complexity index is 1770. The zero-order chi connectivity index (χ0) is 34.3. The number of halogens is 4. The number of anilines is 2. The largest absolute Gasteiger partial charge is 0.444 e. The summed E-state index contributed by atoms with van der Waals surface area (Å²) < 4.78 is 53.4. The molecule has 47 heavy (non-hydrogen) atoms. The monoisotopic (exact) mass is 679 g/mol. The van der Waals surface area contributed by atoms with Crippen molar-refractivity contribution in [1.82, 2.24) is 24.1 Å². The second-order valence-corrected chi connectivity index (χ2v) is 12.7. The number of benzene rings is 1. The van der Waals surface area contributed by atoms with Crippen molar-refractivity contribution in [2.24, 2.45) is 0 Å². The molecule has 5 rings (SSSR count). The van der Waals surface area contributed by atoms with Gasteiger partial charge in [0.1, 0.15) is 17.8 Å². The summed E-state index contributed by atoms with van der Waals surface area (Å²) >= 11 is 6.21. The van der Waals surface area contributed by atoms with E-state index in [0.717, 1.165) is 23.8 Å². The molecule has 1 saturated heterocycles. The van der Waals surface area contributed by atoms with Crippen LogP contribution in [-0.2, 0) is 33.4 Å². The Balaban J connectivity index is 1.54. The Morgan fingerprint density at radius 2 is 1.83 bits per heavy atom. The third-order valence-electron chi connectivity index (χ3n) is 7.96. The molecule has 2 amide bonds. The molecule has 0 saturated carbocycles. The Hall–Kier alpha value is -4.11. The predicted molar refractivity (Wildman–Crippen MR) is 170 cm³/mol. The normalized spacial score (nSPS) is 16.0. The summed E-state index contributed by atoms with van der Waals surface area (Å²) in [7, 11) is 1.42. The Labute approximate surface area is 274 Å². The lowest BCUT2D eigenvalue weighted by Crippen LogP contribution is -2.51. The molecule has 4 heterocycles. The molecule has 12 nitrogen and oxygen atoms in total. The number of rotatable bonds is 6. The standard InChI is InChI=1S/C31H37ClF3N7O5/c1-6-22-25(39-11-13-40(14-12-39)29(45)47-30(2,3)4)27(44)42-28(36-26(37-42)19-9-15-46-16-10-19)41(22)18-24(43)38(5)23-8-7-20(17-21(23)32)31(33,34)35/h7-9,17H,6,10-16,18H2,1-5H3. The molecule has 0 spiro atoms. The molecule has 0 aliphatic carbocycles. The maximum atomic E-state index is 14.1. The maximum absolute atomic E-state index is 14.1. The van der Waals surface area contributed by atoms with Crippen LogP contribution in [0.4, 0.5) is 29.3 Å². The number of nitrogens with zero attached hydrogens (tertiary/aromatic N) is 7. The van der Waals surface area contributed by atoms with E-state index in [4.69, 9.17) is 21.1 Å². The van der Waals surface area contributed by atoms with Crippen molar-refractivity contribution in [2.75, 3.05) is 56.2 Å². The van der Waals surface area contributed by atoms with Crippen molar-refractivity contribution in [1.29, 1.82) is 0 Å². The van der Waals surface area contributed by atoms with Gasteiger partial charge in [0, 0.05) is 33.2 Å². The molecule has 16 heteroatoms. The summed E-state index contributed by atoms with van der Waals surface area (Å²) in [5.74, 6) is -0.0345. The van der Waals surface area contributed by atoms with E-state index in [1.807, 2.05) is 17.9 Å². The van der Waals surface area contributed by atoms with Crippen LogP contribution in [0, 0.1) is 0 Å². The second kappa shape index (κ2) is 13.2. The van der Waals surface area contributed by atoms with Crippen LogP contribution in [0.3, 0.4) is 0 Å². The van der Waals surface area contributed by atoms with Gasteiger partial charge in [-0.15, -0.1) is 5.10 Å². The number of hydrogen-bond donors (Lipinski definition) is 0. The fourth-order valence-corrected chi connectivity index (χ4v) is 5.87. The molecular weight excluding hydrogens is 643 g/mol. The number of amides is 2. The topological polar surface area (TPSA) is 115 Å². The van der Waals surface area contributed by atoms with Crippen LogP contribution in [0.1, 0.15) is 51.2 Å². The molecule has 1 fully saturated rings. The highest BCUT2D eigenvalue weighted by atomic mass is 35.5. The number of fused-ring (bicyclic) bond motifs is 1. The smallest absolute Gasteiger partial charge is 0.416 e. The van der Waals surface area contributed by atoms with Crippen LogP contribution in [0.5, 0.6) is 0 Å². The SMILES string of the molecule is CCc1c(N2CCN(C(=O)OC(C)(C)C)CC2)c(=O)n2nc(C3=CCOCC3)nc2n1CC(=O)N(C)c1ccc(C(F)(F)F)cc1Cl. The van der Waals surface area contributed by atoms with E-state index in [0.29, 0.717) is 69.4 Å². The van der Waals surface area contributed by atoms with E-state index in [1.165, 1.54) is 16.5 Å². The fourth-order valence-electron chi connectivity index (χ4n) is 5.57. The first-order chi connectivity index (χ1) is 22.1. The quantitative estimate of drug-likeness (QED) is 0.370. The van der Waals surface area contributed by atoms with Crippen LogP contribution in [0.15, 0.2) is 29.1 Å². The molecule has 0 unspecified atom stereocenters. The molecular formula is C31H37ClF3N7O5. The first kappa shape index (κ1) is 34.2. The lowest BCUT2D eigenvalue weighted by molar-refractivity contribution is -0.137.